The minimum absolute atomic E-state index is 0.942. The summed E-state index contributed by atoms with van der Waals surface area (Å²) in [4.78, 5) is 4.49. The Bertz CT molecular complexity index is 1140. The maximum absolute atomic E-state index is 4.49. The fourth-order valence-corrected chi connectivity index (χ4v) is 4.36. The maximum Gasteiger partial charge on any atom is 0.222 e. The molecule has 4 aromatic rings. The lowest BCUT2D eigenvalue weighted by atomic mass is 9.83. The summed E-state index contributed by atoms with van der Waals surface area (Å²) in [5, 5.41) is 0. The molecule has 0 saturated heterocycles. The van der Waals surface area contributed by atoms with Crippen LogP contribution in [-0.4, -0.2) is 9.67 Å². The summed E-state index contributed by atoms with van der Waals surface area (Å²) in [7, 11) is 0. The molecule has 6 rings (SSSR count). The van der Waals surface area contributed by atoms with Crippen LogP contribution >= 0.6 is 0 Å². The third-order valence-electron chi connectivity index (χ3n) is 5.49. The third kappa shape index (κ3) is 1.51. The Hall–Kier alpha value is -2.94. The van der Waals surface area contributed by atoms with E-state index in [1.54, 1.807) is 0 Å². The topological polar surface area (TPSA) is 21.7 Å². The molecule has 3 heteroatoms. The number of pyridine rings is 1. The zero-order valence-electron chi connectivity index (χ0n) is 13.2. The molecule has 1 aliphatic carbocycles. The van der Waals surface area contributed by atoms with Crippen molar-refractivity contribution in [2.45, 2.75) is 19.4 Å². The van der Waals surface area contributed by atoms with Crippen LogP contribution in [0.2, 0.25) is 0 Å². The van der Waals surface area contributed by atoms with Crippen molar-refractivity contribution in [1.29, 1.82) is 0 Å². The summed E-state index contributed by atoms with van der Waals surface area (Å²) in [6.45, 7) is 0.942. The second-order valence-electron chi connectivity index (χ2n) is 6.77. The number of fused-ring (bicyclic) bond motifs is 8. The van der Waals surface area contributed by atoms with Gasteiger partial charge in [0.2, 0.25) is 12.7 Å². The lowest BCUT2D eigenvalue weighted by molar-refractivity contribution is -0.749. The number of benzene rings is 2. The summed E-state index contributed by atoms with van der Waals surface area (Å²) in [6.07, 6.45) is 6.14. The number of hydrogen-bond donors (Lipinski definition) is 0. The maximum atomic E-state index is 4.49. The first kappa shape index (κ1) is 12.5. The van der Waals surface area contributed by atoms with E-state index in [4.69, 9.17) is 0 Å². The molecule has 3 heterocycles. The van der Waals surface area contributed by atoms with Crippen LogP contribution in [0.25, 0.3) is 16.7 Å². The van der Waals surface area contributed by atoms with E-state index < -0.39 is 0 Å². The predicted octanol–water partition coefficient (Wildman–Crippen LogP) is 3.17. The number of hydrogen-bond acceptors (Lipinski definition) is 1. The standard InChI is InChI=1S/C21H16N3/c1-2-5-15-11-17-16(10-14(15)4-1)7-8-20-18(17)12-23-13-19-21(24(20)23)6-3-9-22-19/h1-9,13H,10-12H2/q+1. The second kappa shape index (κ2) is 4.32. The molecule has 1 aliphatic heterocycles. The molecular weight excluding hydrogens is 294 g/mol. The van der Waals surface area contributed by atoms with Crippen molar-refractivity contribution in [2.75, 3.05) is 0 Å². The zero-order chi connectivity index (χ0) is 15.7. The fourth-order valence-electron chi connectivity index (χ4n) is 4.36. The Labute approximate surface area is 139 Å². The van der Waals surface area contributed by atoms with Crippen LogP contribution in [-0.2, 0) is 19.4 Å². The number of nitrogens with zero attached hydrogens (tertiary/aromatic N) is 3. The van der Waals surface area contributed by atoms with E-state index in [1.807, 2.05) is 12.3 Å². The van der Waals surface area contributed by atoms with E-state index >= 15 is 0 Å². The summed E-state index contributed by atoms with van der Waals surface area (Å²) in [6, 6.07) is 17.6. The smallest absolute Gasteiger partial charge is 0.222 e. The van der Waals surface area contributed by atoms with E-state index in [1.165, 1.54) is 39.0 Å². The molecule has 0 spiro atoms. The molecule has 0 atom stereocenters. The van der Waals surface area contributed by atoms with Crippen LogP contribution in [0.4, 0.5) is 0 Å². The first-order valence-electron chi connectivity index (χ1n) is 8.45. The molecule has 0 radical (unpaired) electrons. The van der Waals surface area contributed by atoms with Crippen molar-refractivity contribution in [3.05, 3.63) is 88.7 Å². The van der Waals surface area contributed by atoms with Gasteiger partial charge in [0.05, 0.1) is 5.56 Å². The van der Waals surface area contributed by atoms with E-state index in [0.717, 1.165) is 24.9 Å². The lowest BCUT2D eigenvalue weighted by Crippen LogP contribution is -2.36. The average Bonchev–Trinajstić information content (AvgIpc) is 3.16. The Morgan fingerprint density at radius 1 is 0.833 bits per heavy atom. The van der Waals surface area contributed by atoms with Crippen molar-refractivity contribution >= 4 is 11.0 Å². The Kier molecular flexibility index (Phi) is 2.25. The van der Waals surface area contributed by atoms with E-state index in [2.05, 4.69) is 63.0 Å². The highest BCUT2D eigenvalue weighted by Crippen LogP contribution is 2.34. The van der Waals surface area contributed by atoms with Gasteiger partial charge in [-0.1, -0.05) is 30.3 Å². The fraction of sp³-hybridized carbons (Fsp3) is 0.143. The predicted molar refractivity (Wildman–Crippen MR) is 92.4 cm³/mol. The quantitative estimate of drug-likeness (QED) is 0.395. The van der Waals surface area contributed by atoms with Gasteiger partial charge >= 0.3 is 0 Å². The molecule has 24 heavy (non-hydrogen) atoms. The average molecular weight is 310 g/mol. The highest BCUT2D eigenvalue weighted by Gasteiger charge is 2.32. The van der Waals surface area contributed by atoms with Crippen LogP contribution < -0.4 is 4.68 Å². The summed E-state index contributed by atoms with van der Waals surface area (Å²) < 4.78 is 4.61. The molecule has 0 N–H and O–H groups in total. The van der Waals surface area contributed by atoms with Crippen LogP contribution in [0.5, 0.6) is 0 Å². The molecule has 2 aromatic carbocycles. The van der Waals surface area contributed by atoms with Crippen molar-refractivity contribution in [3.63, 3.8) is 0 Å². The van der Waals surface area contributed by atoms with Crippen molar-refractivity contribution in [2.24, 2.45) is 0 Å². The van der Waals surface area contributed by atoms with Gasteiger partial charge in [-0.25, -0.2) is 4.98 Å². The molecule has 114 valence electrons. The molecule has 3 nitrogen and oxygen atoms in total. The van der Waals surface area contributed by atoms with Crippen molar-refractivity contribution < 1.29 is 4.68 Å². The molecule has 0 amide bonds. The summed E-state index contributed by atoms with van der Waals surface area (Å²) >= 11 is 0. The van der Waals surface area contributed by atoms with E-state index in [-0.39, 0.29) is 0 Å². The Morgan fingerprint density at radius 2 is 1.71 bits per heavy atom. The summed E-state index contributed by atoms with van der Waals surface area (Å²) in [5.41, 5.74) is 11.0. The monoisotopic (exact) mass is 310 g/mol. The first-order valence-corrected chi connectivity index (χ1v) is 8.45. The Balaban J connectivity index is 1.58. The molecular formula is C21H16N3+. The van der Waals surface area contributed by atoms with Gasteiger partial charge in [0.25, 0.3) is 0 Å². The summed E-state index contributed by atoms with van der Waals surface area (Å²) in [5.74, 6) is 0. The van der Waals surface area contributed by atoms with Gasteiger partial charge in [0.1, 0.15) is 11.2 Å². The lowest BCUT2D eigenvalue weighted by Gasteiger charge is -2.21. The molecule has 0 bridgehead atoms. The van der Waals surface area contributed by atoms with Crippen molar-refractivity contribution in [3.8, 4) is 5.69 Å². The van der Waals surface area contributed by atoms with Gasteiger partial charge < -0.3 is 0 Å². The van der Waals surface area contributed by atoms with Crippen molar-refractivity contribution in [1.82, 2.24) is 9.67 Å². The minimum atomic E-state index is 0.942. The van der Waals surface area contributed by atoms with Crippen LogP contribution in [0.3, 0.4) is 0 Å². The van der Waals surface area contributed by atoms with Crippen LogP contribution in [0.1, 0.15) is 27.8 Å². The van der Waals surface area contributed by atoms with Crippen LogP contribution in [0, 0.1) is 0 Å². The van der Waals surface area contributed by atoms with Gasteiger partial charge in [-0.15, -0.1) is 9.36 Å². The normalized spacial score (nSPS) is 14.2. The van der Waals surface area contributed by atoms with Gasteiger partial charge in [-0.05, 0) is 53.3 Å². The van der Waals surface area contributed by atoms with E-state index in [0.29, 0.717) is 0 Å². The SMILES string of the molecule is c1ccc2c(c1)Cc1ccc3c(c1C2)C[n+]1cc2ncccc2n1-3. The minimum Gasteiger partial charge on any atom is -0.248 e. The van der Waals surface area contributed by atoms with Gasteiger partial charge in [0, 0.05) is 6.20 Å². The number of aromatic nitrogens is 3. The second-order valence-corrected chi connectivity index (χ2v) is 6.77. The molecule has 2 aromatic heterocycles. The third-order valence-corrected chi connectivity index (χ3v) is 5.49. The van der Waals surface area contributed by atoms with Gasteiger partial charge in [-0.2, -0.15) is 0 Å². The highest BCUT2D eigenvalue weighted by molar-refractivity contribution is 5.75. The Morgan fingerprint density at radius 3 is 2.62 bits per heavy atom. The zero-order valence-corrected chi connectivity index (χ0v) is 13.2. The van der Waals surface area contributed by atoms with E-state index in [9.17, 15) is 0 Å². The molecule has 0 fully saturated rings. The first-order chi connectivity index (χ1) is 11.9. The number of rotatable bonds is 0. The molecule has 2 aliphatic rings. The molecule has 0 unspecified atom stereocenters. The van der Waals surface area contributed by atoms with Gasteiger partial charge in [0.15, 0.2) is 5.52 Å². The van der Waals surface area contributed by atoms with Crippen LogP contribution in [0.15, 0.2) is 60.9 Å². The van der Waals surface area contributed by atoms with Gasteiger partial charge in [-0.3, -0.25) is 0 Å². The largest absolute Gasteiger partial charge is 0.248 e. The highest BCUT2D eigenvalue weighted by atomic mass is 15.4. The molecule has 0 saturated carbocycles.